The molecule has 0 atom stereocenters. The average molecular weight is 305 g/mol. The molecule has 0 saturated heterocycles. The van der Waals surface area contributed by atoms with Crippen LogP contribution in [-0.4, -0.2) is 12.6 Å². The minimum Gasteiger partial charge on any atom is -0.338 e. The molecule has 0 radical (unpaired) electrons. The first-order valence-electron chi connectivity index (χ1n) is 7.08. The zero-order valence-electron chi connectivity index (χ0n) is 12.4. The van der Waals surface area contributed by atoms with Gasteiger partial charge in [-0.1, -0.05) is 55.8 Å². The molecule has 2 aromatic carbocycles. The van der Waals surface area contributed by atoms with E-state index >= 15 is 0 Å². The highest BCUT2D eigenvalue weighted by Crippen LogP contribution is 2.12. The van der Waals surface area contributed by atoms with Crippen LogP contribution >= 0.6 is 11.6 Å². The van der Waals surface area contributed by atoms with Crippen molar-refractivity contribution in [3.63, 3.8) is 0 Å². The highest BCUT2D eigenvalue weighted by Gasteiger charge is 2.00. The van der Waals surface area contributed by atoms with Crippen LogP contribution in [0.1, 0.15) is 19.4 Å². The van der Waals surface area contributed by atoms with Crippen LogP contribution in [0.3, 0.4) is 0 Å². The fraction of sp³-hybridized carbons (Fsp3) is 0.235. The van der Waals surface area contributed by atoms with Gasteiger partial charge in [-0.3, -0.25) is 0 Å². The number of carbonyl (C=O) groups excluding carboxylic acids is 1. The van der Waals surface area contributed by atoms with Gasteiger partial charge in [-0.25, -0.2) is 4.79 Å². The third-order valence-electron chi connectivity index (χ3n) is 2.64. The van der Waals surface area contributed by atoms with Gasteiger partial charge in [0.15, 0.2) is 0 Å². The Morgan fingerprint density at radius 3 is 2.24 bits per heavy atom. The van der Waals surface area contributed by atoms with E-state index < -0.39 is 0 Å². The van der Waals surface area contributed by atoms with E-state index in [-0.39, 0.29) is 6.03 Å². The summed E-state index contributed by atoms with van der Waals surface area (Å²) in [6.07, 6.45) is 0.814. The molecule has 0 heterocycles. The number of amides is 2. The summed E-state index contributed by atoms with van der Waals surface area (Å²) < 4.78 is 0. The predicted octanol–water partition coefficient (Wildman–Crippen LogP) is 4.73. The lowest BCUT2D eigenvalue weighted by atomic mass is 10.1. The van der Waals surface area contributed by atoms with Gasteiger partial charge in [-0.15, -0.1) is 0 Å². The highest BCUT2D eigenvalue weighted by molar-refractivity contribution is 6.30. The average Bonchev–Trinajstić information content (AvgIpc) is 2.53. The van der Waals surface area contributed by atoms with Crippen molar-refractivity contribution in [1.29, 1.82) is 0 Å². The molecule has 112 valence electrons. The lowest BCUT2D eigenvalue weighted by molar-refractivity contribution is 0.252. The highest BCUT2D eigenvalue weighted by atomic mass is 35.5. The Morgan fingerprint density at radius 2 is 1.62 bits per heavy atom. The standard InChI is InChI=1S/C15H15ClN2O.C2H6/c16-13-6-8-14(9-7-13)18-15(19)17-11-10-12-4-2-1-3-5-12;1-2/h1-9H,10-11H2,(H2,17,18,19);1-2H3. The monoisotopic (exact) mass is 304 g/mol. The number of carbonyl (C=O) groups is 1. The maximum atomic E-state index is 11.6. The van der Waals surface area contributed by atoms with E-state index in [0.717, 1.165) is 12.1 Å². The Bertz CT molecular complexity index is 526. The maximum Gasteiger partial charge on any atom is 0.319 e. The summed E-state index contributed by atoms with van der Waals surface area (Å²) >= 11 is 5.77. The smallest absolute Gasteiger partial charge is 0.319 e. The zero-order chi connectivity index (χ0) is 15.5. The molecule has 0 aromatic heterocycles. The Labute approximate surface area is 131 Å². The van der Waals surface area contributed by atoms with Crippen molar-refractivity contribution in [2.75, 3.05) is 11.9 Å². The molecule has 0 aliphatic carbocycles. The third kappa shape index (κ3) is 6.82. The van der Waals surface area contributed by atoms with E-state index in [2.05, 4.69) is 10.6 Å². The van der Waals surface area contributed by atoms with Crippen molar-refractivity contribution in [1.82, 2.24) is 5.32 Å². The fourth-order valence-corrected chi connectivity index (χ4v) is 1.80. The second-order valence-electron chi connectivity index (χ2n) is 4.12. The van der Waals surface area contributed by atoms with Gasteiger partial charge >= 0.3 is 6.03 Å². The summed E-state index contributed by atoms with van der Waals surface area (Å²) in [4.78, 5) is 11.6. The van der Waals surface area contributed by atoms with Crippen LogP contribution < -0.4 is 10.6 Å². The van der Waals surface area contributed by atoms with Crippen molar-refractivity contribution < 1.29 is 4.79 Å². The first-order valence-corrected chi connectivity index (χ1v) is 7.46. The van der Waals surface area contributed by atoms with E-state index in [1.807, 2.05) is 44.2 Å². The molecule has 0 aliphatic rings. The zero-order valence-corrected chi connectivity index (χ0v) is 13.2. The summed E-state index contributed by atoms with van der Waals surface area (Å²) in [7, 11) is 0. The van der Waals surface area contributed by atoms with Crippen LogP contribution in [-0.2, 0) is 6.42 Å². The van der Waals surface area contributed by atoms with Gasteiger partial charge in [-0.2, -0.15) is 0 Å². The lowest BCUT2D eigenvalue weighted by Gasteiger charge is -2.07. The minimum atomic E-state index is -0.210. The molecule has 0 unspecified atom stereocenters. The van der Waals surface area contributed by atoms with Gasteiger partial charge in [0.2, 0.25) is 0 Å². The third-order valence-corrected chi connectivity index (χ3v) is 2.90. The molecule has 21 heavy (non-hydrogen) atoms. The molecule has 2 aromatic rings. The number of rotatable bonds is 4. The molecule has 2 rings (SSSR count). The molecular formula is C17H21ClN2O. The first kappa shape index (κ1) is 17.1. The largest absolute Gasteiger partial charge is 0.338 e. The predicted molar refractivity (Wildman–Crippen MR) is 90.0 cm³/mol. The van der Waals surface area contributed by atoms with Gasteiger partial charge in [-0.05, 0) is 36.2 Å². The second kappa shape index (κ2) is 9.83. The number of halogens is 1. The van der Waals surface area contributed by atoms with E-state index in [4.69, 9.17) is 11.6 Å². The first-order chi connectivity index (χ1) is 10.2. The molecule has 0 bridgehead atoms. The van der Waals surface area contributed by atoms with E-state index in [1.54, 1.807) is 24.3 Å². The molecule has 0 fully saturated rings. The van der Waals surface area contributed by atoms with E-state index in [9.17, 15) is 4.79 Å². The van der Waals surface area contributed by atoms with Crippen LogP contribution in [0.25, 0.3) is 0 Å². The molecule has 0 spiro atoms. The summed E-state index contributed by atoms with van der Waals surface area (Å²) in [5.74, 6) is 0. The van der Waals surface area contributed by atoms with E-state index in [1.165, 1.54) is 5.56 Å². The number of anilines is 1. The Hall–Kier alpha value is -2.00. The van der Waals surface area contributed by atoms with Crippen LogP contribution in [0, 0.1) is 0 Å². The molecular weight excluding hydrogens is 284 g/mol. The van der Waals surface area contributed by atoms with Gasteiger partial charge < -0.3 is 10.6 Å². The van der Waals surface area contributed by atoms with Crippen molar-refractivity contribution in [3.05, 3.63) is 65.2 Å². The second-order valence-corrected chi connectivity index (χ2v) is 4.56. The van der Waals surface area contributed by atoms with Crippen molar-refractivity contribution in [3.8, 4) is 0 Å². The summed E-state index contributed by atoms with van der Waals surface area (Å²) in [5, 5.41) is 6.21. The van der Waals surface area contributed by atoms with Gasteiger partial charge in [0.1, 0.15) is 0 Å². The normalized spacial score (nSPS) is 9.29. The molecule has 4 heteroatoms. The summed E-state index contributed by atoms with van der Waals surface area (Å²) in [5.41, 5.74) is 1.93. The Kier molecular flexibility index (Phi) is 7.99. The van der Waals surface area contributed by atoms with Crippen LogP contribution in [0.15, 0.2) is 54.6 Å². The topological polar surface area (TPSA) is 41.1 Å². The molecule has 0 aliphatic heterocycles. The molecule has 3 nitrogen and oxygen atoms in total. The maximum absolute atomic E-state index is 11.6. The van der Waals surface area contributed by atoms with Crippen LogP contribution in [0.5, 0.6) is 0 Å². The van der Waals surface area contributed by atoms with Crippen molar-refractivity contribution in [2.24, 2.45) is 0 Å². The number of hydrogen-bond acceptors (Lipinski definition) is 1. The number of hydrogen-bond donors (Lipinski definition) is 2. The quantitative estimate of drug-likeness (QED) is 0.842. The lowest BCUT2D eigenvalue weighted by Crippen LogP contribution is -2.30. The van der Waals surface area contributed by atoms with Crippen molar-refractivity contribution >= 4 is 23.3 Å². The Morgan fingerprint density at radius 1 is 1.00 bits per heavy atom. The molecule has 2 N–H and O–H groups in total. The minimum absolute atomic E-state index is 0.210. The summed E-state index contributed by atoms with van der Waals surface area (Å²) in [6, 6.07) is 16.8. The molecule has 0 saturated carbocycles. The van der Waals surface area contributed by atoms with Gasteiger partial charge in [0.25, 0.3) is 0 Å². The number of urea groups is 1. The van der Waals surface area contributed by atoms with Crippen molar-refractivity contribution in [2.45, 2.75) is 20.3 Å². The van der Waals surface area contributed by atoms with Gasteiger partial charge in [0, 0.05) is 17.3 Å². The van der Waals surface area contributed by atoms with Crippen LogP contribution in [0.2, 0.25) is 5.02 Å². The SMILES string of the molecule is CC.O=C(NCCc1ccccc1)Nc1ccc(Cl)cc1. The Balaban J connectivity index is 0.00000106. The number of nitrogens with one attached hydrogen (secondary N) is 2. The van der Waals surface area contributed by atoms with Crippen LogP contribution in [0.4, 0.5) is 10.5 Å². The molecule has 2 amide bonds. The fourth-order valence-electron chi connectivity index (χ4n) is 1.67. The van der Waals surface area contributed by atoms with E-state index in [0.29, 0.717) is 11.6 Å². The van der Waals surface area contributed by atoms with Gasteiger partial charge in [0.05, 0.1) is 0 Å². The summed E-state index contributed by atoms with van der Waals surface area (Å²) in [6.45, 7) is 4.60. The number of benzene rings is 2.